The van der Waals surface area contributed by atoms with Crippen molar-refractivity contribution in [3.05, 3.63) is 41.8 Å². The molecule has 0 aliphatic carbocycles. The van der Waals surface area contributed by atoms with Crippen molar-refractivity contribution < 1.29 is 41.9 Å². The number of carbonyl (C=O) groups is 2. The normalized spacial score (nSPS) is 16.2. The first kappa shape index (κ1) is 32.4. The van der Waals surface area contributed by atoms with Gasteiger partial charge in [-0.15, -0.1) is 4.99 Å². The van der Waals surface area contributed by atoms with Gasteiger partial charge < -0.3 is 24.0 Å². The van der Waals surface area contributed by atoms with Crippen LogP contribution >= 0.6 is 0 Å². The third-order valence-corrected chi connectivity index (χ3v) is 6.08. The van der Waals surface area contributed by atoms with Gasteiger partial charge in [0.2, 0.25) is 17.7 Å². The SMILES string of the molecule is CCCCCC=CCOc1ccc(-c2noc(C3CCCN3C(=NC(=O)OC(C)(C)C)NC(=O)O)n2)cc1C(F)(F)F. The molecule has 1 atom stereocenters. The number of amides is 2. The lowest BCUT2D eigenvalue weighted by Crippen LogP contribution is -2.44. The first-order valence-electron chi connectivity index (χ1n) is 13.7. The molecule has 1 aromatic heterocycles. The van der Waals surface area contributed by atoms with E-state index in [1.807, 2.05) is 6.08 Å². The Balaban J connectivity index is 1.81. The number of hydrogen-bond acceptors (Lipinski definition) is 7. The van der Waals surface area contributed by atoms with Crippen LogP contribution in [0.25, 0.3) is 11.4 Å². The van der Waals surface area contributed by atoms with E-state index in [-0.39, 0.29) is 35.6 Å². The molecule has 1 aromatic carbocycles. The molecule has 1 aliphatic heterocycles. The zero-order valence-electron chi connectivity index (χ0n) is 24.0. The number of carboxylic acid groups (broad SMARTS) is 1. The van der Waals surface area contributed by atoms with Crippen molar-refractivity contribution in [3.8, 4) is 17.1 Å². The number of aromatic nitrogens is 2. The molecule has 0 saturated carbocycles. The van der Waals surface area contributed by atoms with Gasteiger partial charge in [-0.05, 0) is 64.7 Å². The smallest absolute Gasteiger partial charge is 0.437 e. The molecule has 2 heterocycles. The van der Waals surface area contributed by atoms with Crippen molar-refractivity contribution in [2.45, 2.75) is 84.0 Å². The van der Waals surface area contributed by atoms with Crippen LogP contribution in [0.1, 0.15) is 83.7 Å². The van der Waals surface area contributed by atoms with Crippen LogP contribution in [-0.4, -0.2) is 57.0 Å². The molecule has 3 rings (SSSR count). The molecule has 2 aromatic rings. The van der Waals surface area contributed by atoms with Gasteiger partial charge in [0.25, 0.3) is 0 Å². The summed E-state index contributed by atoms with van der Waals surface area (Å²) in [5, 5.41) is 15.3. The van der Waals surface area contributed by atoms with E-state index in [9.17, 15) is 27.9 Å². The first-order valence-corrected chi connectivity index (χ1v) is 13.7. The van der Waals surface area contributed by atoms with E-state index >= 15 is 0 Å². The van der Waals surface area contributed by atoms with Crippen LogP contribution < -0.4 is 10.1 Å². The van der Waals surface area contributed by atoms with Crippen LogP contribution in [0.5, 0.6) is 5.75 Å². The molecule has 14 heteroatoms. The zero-order valence-corrected chi connectivity index (χ0v) is 24.0. The number of halogens is 3. The second-order valence-electron chi connectivity index (χ2n) is 10.6. The minimum absolute atomic E-state index is 0.00398. The summed E-state index contributed by atoms with van der Waals surface area (Å²) in [6, 6.07) is 2.82. The number of guanidine groups is 1. The number of hydrogen-bond donors (Lipinski definition) is 2. The number of ether oxygens (including phenoxy) is 2. The van der Waals surface area contributed by atoms with Crippen molar-refractivity contribution in [3.63, 3.8) is 0 Å². The van der Waals surface area contributed by atoms with Gasteiger partial charge in [0.1, 0.15) is 24.0 Å². The van der Waals surface area contributed by atoms with Crippen molar-refractivity contribution in [2.24, 2.45) is 4.99 Å². The molecule has 230 valence electrons. The van der Waals surface area contributed by atoms with E-state index in [2.05, 4.69) is 27.4 Å². The monoisotopic (exact) mass is 595 g/mol. The molecule has 0 radical (unpaired) electrons. The molecular formula is C28H36F3N5O6. The number of alkyl halides is 3. The first-order chi connectivity index (χ1) is 19.8. The van der Waals surface area contributed by atoms with Gasteiger partial charge in [0.15, 0.2) is 0 Å². The Morgan fingerprint density at radius 2 is 2.00 bits per heavy atom. The molecular weight excluding hydrogens is 559 g/mol. The second-order valence-corrected chi connectivity index (χ2v) is 10.6. The minimum Gasteiger partial charge on any atom is -0.489 e. The van der Waals surface area contributed by atoms with Gasteiger partial charge in [-0.25, -0.2) is 9.59 Å². The Hall–Kier alpha value is -4.10. The van der Waals surface area contributed by atoms with Gasteiger partial charge in [-0.3, -0.25) is 5.32 Å². The number of nitrogens with zero attached hydrogens (tertiary/aromatic N) is 4. The maximum Gasteiger partial charge on any atom is 0.437 e. The molecule has 11 nitrogen and oxygen atoms in total. The highest BCUT2D eigenvalue weighted by Gasteiger charge is 2.37. The van der Waals surface area contributed by atoms with Crippen molar-refractivity contribution in [1.82, 2.24) is 20.4 Å². The van der Waals surface area contributed by atoms with Crippen LogP contribution in [0, 0.1) is 0 Å². The Morgan fingerprint density at radius 3 is 2.67 bits per heavy atom. The fraction of sp³-hybridized carbons (Fsp3) is 0.536. The molecule has 1 aliphatic rings. The Kier molecular flexibility index (Phi) is 10.9. The number of aliphatic imine (C=N–C) groups is 1. The van der Waals surface area contributed by atoms with Gasteiger partial charge in [-0.2, -0.15) is 18.2 Å². The molecule has 1 unspecified atom stereocenters. The lowest BCUT2D eigenvalue weighted by Gasteiger charge is -2.25. The summed E-state index contributed by atoms with van der Waals surface area (Å²) in [5.41, 5.74) is -1.79. The minimum atomic E-state index is -4.69. The van der Waals surface area contributed by atoms with Crippen molar-refractivity contribution >= 4 is 18.1 Å². The van der Waals surface area contributed by atoms with E-state index in [0.717, 1.165) is 31.7 Å². The highest BCUT2D eigenvalue weighted by atomic mass is 19.4. The summed E-state index contributed by atoms with van der Waals surface area (Å²) in [4.78, 5) is 33.2. The number of benzene rings is 1. The predicted molar refractivity (Wildman–Crippen MR) is 147 cm³/mol. The number of likely N-dealkylation sites (tertiary alicyclic amines) is 1. The molecule has 1 fully saturated rings. The molecule has 2 N–H and O–H groups in total. The standard InChI is InChI=1S/C28H36F3N5O6/c1-5-6-7-8-9-10-16-40-21-14-13-18(17-19(21)28(29,30)31)22-32-23(42-35-22)20-12-11-15-36(20)24(33-25(37)38)34-26(39)41-27(2,3)4/h9-10,13-14,17,20H,5-8,11-12,15-16H2,1-4H3,(H,37,38)(H,33,34,39). The molecule has 2 amide bonds. The largest absolute Gasteiger partial charge is 0.489 e. The van der Waals surface area contributed by atoms with Crippen LogP contribution in [-0.2, 0) is 10.9 Å². The third kappa shape index (κ3) is 9.48. The zero-order chi connectivity index (χ0) is 30.9. The summed E-state index contributed by atoms with van der Waals surface area (Å²) in [5.74, 6) is -0.688. The van der Waals surface area contributed by atoms with E-state index in [4.69, 9.17) is 14.0 Å². The summed E-state index contributed by atoms with van der Waals surface area (Å²) in [7, 11) is 0. The number of unbranched alkanes of at least 4 members (excludes halogenated alkanes) is 3. The molecule has 42 heavy (non-hydrogen) atoms. The molecule has 0 spiro atoms. The maximum atomic E-state index is 13.9. The van der Waals surface area contributed by atoms with Gasteiger partial charge in [0.05, 0.1) is 5.56 Å². The number of nitrogens with one attached hydrogen (secondary N) is 1. The van der Waals surface area contributed by atoms with Crippen LogP contribution in [0.4, 0.5) is 22.8 Å². The maximum absolute atomic E-state index is 13.9. The molecule has 0 bridgehead atoms. The average Bonchev–Trinajstić information content (AvgIpc) is 3.56. The summed E-state index contributed by atoms with van der Waals surface area (Å²) in [6.07, 6.45) is 1.44. The second kappa shape index (κ2) is 14.2. The van der Waals surface area contributed by atoms with Gasteiger partial charge >= 0.3 is 18.4 Å². The fourth-order valence-electron chi connectivity index (χ4n) is 4.25. The van der Waals surface area contributed by atoms with E-state index in [1.54, 1.807) is 26.8 Å². The Morgan fingerprint density at radius 1 is 1.24 bits per heavy atom. The van der Waals surface area contributed by atoms with E-state index in [1.165, 1.54) is 17.0 Å². The number of allylic oxidation sites excluding steroid dienone is 1. The predicted octanol–water partition coefficient (Wildman–Crippen LogP) is 6.97. The lowest BCUT2D eigenvalue weighted by molar-refractivity contribution is -0.138. The quantitative estimate of drug-likeness (QED) is 0.136. The summed E-state index contributed by atoms with van der Waals surface area (Å²) < 4.78 is 57.6. The summed E-state index contributed by atoms with van der Waals surface area (Å²) >= 11 is 0. The van der Waals surface area contributed by atoms with Crippen LogP contribution in [0.3, 0.4) is 0 Å². The van der Waals surface area contributed by atoms with E-state index < -0.39 is 35.6 Å². The topological polar surface area (TPSA) is 139 Å². The third-order valence-electron chi connectivity index (χ3n) is 6.08. The lowest BCUT2D eigenvalue weighted by atomic mass is 10.1. The Bertz CT molecular complexity index is 1290. The van der Waals surface area contributed by atoms with Crippen LogP contribution in [0.2, 0.25) is 0 Å². The highest BCUT2D eigenvalue weighted by molar-refractivity contribution is 5.98. The van der Waals surface area contributed by atoms with Crippen LogP contribution in [0.15, 0.2) is 39.9 Å². The number of carbonyl (C=O) groups excluding carboxylic acids is 1. The molecule has 1 saturated heterocycles. The number of rotatable bonds is 9. The van der Waals surface area contributed by atoms with Gasteiger partial charge in [-0.1, -0.05) is 37.1 Å². The average molecular weight is 596 g/mol. The fourth-order valence-corrected chi connectivity index (χ4v) is 4.25. The van der Waals surface area contributed by atoms with Crippen molar-refractivity contribution in [1.29, 1.82) is 0 Å². The van der Waals surface area contributed by atoms with Crippen molar-refractivity contribution in [2.75, 3.05) is 13.2 Å². The van der Waals surface area contributed by atoms with E-state index in [0.29, 0.717) is 19.4 Å². The summed E-state index contributed by atoms with van der Waals surface area (Å²) in [6.45, 7) is 7.29. The van der Waals surface area contributed by atoms with Gasteiger partial charge in [0, 0.05) is 12.1 Å². The highest BCUT2D eigenvalue weighted by Crippen LogP contribution is 2.39. The Labute approximate surface area is 241 Å².